The van der Waals surface area contributed by atoms with Crippen LogP contribution in [0.2, 0.25) is 0 Å². The molecule has 0 radical (unpaired) electrons. The van der Waals surface area contributed by atoms with Crippen molar-refractivity contribution in [3.05, 3.63) is 17.5 Å². The maximum Gasteiger partial charge on any atom is 0.243 e. The molecule has 0 saturated carbocycles. The van der Waals surface area contributed by atoms with Crippen molar-refractivity contribution in [3.8, 4) is 0 Å². The van der Waals surface area contributed by atoms with Crippen molar-refractivity contribution in [2.75, 3.05) is 21.1 Å². The molecule has 18 heavy (non-hydrogen) atoms. The molecule has 1 aromatic heterocycles. The van der Waals surface area contributed by atoms with Crippen LogP contribution in [0, 0.1) is 0 Å². The van der Waals surface area contributed by atoms with Gasteiger partial charge in [-0.1, -0.05) is 13.8 Å². The van der Waals surface area contributed by atoms with Crippen molar-refractivity contribution in [1.82, 2.24) is 25.1 Å². The fourth-order valence-electron chi connectivity index (χ4n) is 1.73. The first-order valence-electron chi connectivity index (χ1n) is 6.28. The molecule has 6 nitrogen and oxygen atoms in total. The summed E-state index contributed by atoms with van der Waals surface area (Å²) in [5.41, 5.74) is 5.34. The van der Waals surface area contributed by atoms with Gasteiger partial charge in [-0.2, -0.15) is 5.10 Å². The number of nitrogens with zero attached hydrogens (tertiary/aromatic N) is 4. The molecule has 1 aromatic rings. The molecule has 2 heterocycles. The van der Waals surface area contributed by atoms with E-state index in [1.54, 1.807) is 23.7 Å². The molecule has 1 amide bonds. The third kappa shape index (κ3) is 3.30. The second-order valence-corrected chi connectivity index (χ2v) is 4.17. The van der Waals surface area contributed by atoms with Gasteiger partial charge in [-0.05, 0) is 7.05 Å². The zero-order valence-corrected chi connectivity index (χ0v) is 11.9. The van der Waals surface area contributed by atoms with Crippen molar-refractivity contribution in [3.63, 3.8) is 0 Å². The van der Waals surface area contributed by atoms with E-state index < -0.39 is 0 Å². The maximum absolute atomic E-state index is 11.5. The van der Waals surface area contributed by atoms with Crippen LogP contribution in [0.3, 0.4) is 0 Å². The number of aromatic nitrogens is 2. The second kappa shape index (κ2) is 6.51. The number of nitrogens with one attached hydrogen (secondary N) is 1. The fourth-order valence-corrected chi connectivity index (χ4v) is 1.73. The zero-order chi connectivity index (χ0) is 13.7. The van der Waals surface area contributed by atoms with Crippen LogP contribution in [0.1, 0.15) is 25.1 Å². The van der Waals surface area contributed by atoms with Gasteiger partial charge in [0.05, 0.1) is 12.2 Å². The van der Waals surface area contributed by atoms with Crippen molar-refractivity contribution in [2.45, 2.75) is 33.5 Å². The molecule has 1 aliphatic rings. The van der Waals surface area contributed by atoms with E-state index in [0.29, 0.717) is 6.54 Å². The van der Waals surface area contributed by atoms with E-state index in [-0.39, 0.29) is 5.91 Å². The van der Waals surface area contributed by atoms with E-state index >= 15 is 0 Å². The van der Waals surface area contributed by atoms with E-state index in [9.17, 15) is 4.79 Å². The molecular formula is C12H23N5O. The molecule has 102 valence electrons. The summed E-state index contributed by atoms with van der Waals surface area (Å²) in [5, 5.41) is 6.48. The zero-order valence-electron chi connectivity index (χ0n) is 11.9. The second-order valence-electron chi connectivity index (χ2n) is 4.17. The van der Waals surface area contributed by atoms with Crippen molar-refractivity contribution in [1.29, 1.82) is 0 Å². The highest BCUT2D eigenvalue weighted by Gasteiger charge is 2.21. The summed E-state index contributed by atoms with van der Waals surface area (Å²) in [7, 11) is 5.40. The molecule has 0 saturated heterocycles. The number of hydrogen-bond acceptors (Lipinski definition) is 4. The molecule has 1 aliphatic heterocycles. The number of rotatable bonds is 3. The van der Waals surface area contributed by atoms with Gasteiger partial charge < -0.3 is 4.90 Å². The van der Waals surface area contributed by atoms with E-state index in [1.165, 1.54) is 5.56 Å². The predicted octanol–water partition coefficient (Wildman–Crippen LogP) is 0.448. The summed E-state index contributed by atoms with van der Waals surface area (Å²) in [6, 6.07) is 0. The van der Waals surface area contributed by atoms with Gasteiger partial charge in [-0.15, -0.1) is 0 Å². The summed E-state index contributed by atoms with van der Waals surface area (Å²) in [6.45, 7) is 5.97. The molecule has 0 fully saturated rings. The molecule has 6 heteroatoms. The average molecular weight is 253 g/mol. The Kier molecular flexibility index (Phi) is 5.30. The number of carbonyl (C=O) groups excluding carboxylic acids is 1. The Morgan fingerprint density at radius 3 is 2.61 bits per heavy atom. The molecule has 1 N–H and O–H groups in total. The molecule has 0 aliphatic carbocycles. The highest BCUT2D eigenvalue weighted by molar-refractivity contribution is 5.75. The molecule has 2 rings (SSSR count). The third-order valence-electron chi connectivity index (χ3n) is 2.74. The fraction of sp³-hybridized carbons (Fsp3) is 0.667. The van der Waals surface area contributed by atoms with Crippen molar-refractivity contribution in [2.24, 2.45) is 0 Å². The van der Waals surface area contributed by atoms with Gasteiger partial charge in [-0.3, -0.25) is 14.9 Å². The Hall–Kier alpha value is -1.40. The number of fused-ring (bicyclic) bond motifs is 1. The van der Waals surface area contributed by atoms with Gasteiger partial charge in [0.25, 0.3) is 0 Å². The van der Waals surface area contributed by atoms with Crippen LogP contribution in [0.25, 0.3) is 0 Å². The number of carbonyl (C=O) groups is 1. The highest BCUT2D eigenvalue weighted by atomic mass is 16.2. The number of likely N-dealkylation sites (N-methyl/N-ethyl adjacent to an activating group) is 1. The van der Waals surface area contributed by atoms with Gasteiger partial charge in [0.1, 0.15) is 6.54 Å². The standard InChI is InChI=1S/C10H17N5O.C2H6/c1-11-14-4-8-5-15(12-9(8)6-14)7-10(16)13(2)3;1-2/h5,11H,4,6-7H2,1-3H3;1-2H3. The molecule has 0 bridgehead atoms. The third-order valence-corrected chi connectivity index (χ3v) is 2.74. The molecule has 0 atom stereocenters. The van der Waals surface area contributed by atoms with Crippen molar-refractivity contribution >= 4 is 5.91 Å². The topological polar surface area (TPSA) is 53.4 Å². The average Bonchev–Trinajstić information content (AvgIpc) is 2.88. The quantitative estimate of drug-likeness (QED) is 0.849. The lowest BCUT2D eigenvalue weighted by atomic mass is 10.3. The van der Waals surface area contributed by atoms with Crippen LogP contribution < -0.4 is 5.43 Å². The van der Waals surface area contributed by atoms with Gasteiger partial charge in [0, 0.05) is 32.4 Å². The SMILES string of the molecule is CC.CNN1Cc2cn(CC(=O)N(C)C)nc2C1. The Balaban J connectivity index is 0.000000771. The minimum atomic E-state index is 0.0617. The minimum absolute atomic E-state index is 0.0617. The Bertz CT molecular complexity index is 376. The Morgan fingerprint density at radius 1 is 1.44 bits per heavy atom. The van der Waals surface area contributed by atoms with E-state index in [0.717, 1.165) is 18.8 Å². The van der Waals surface area contributed by atoms with Crippen LogP contribution in [-0.4, -0.2) is 46.7 Å². The van der Waals surface area contributed by atoms with Crippen LogP contribution >= 0.6 is 0 Å². The first-order valence-corrected chi connectivity index (χ1v) is 6.28. The van der Waals surface area contributed by atoms with Crippen LogP contribution in [0.4, 0.5) is 0 Å². The Morgan fingerprint density at radius 2 is 2.11 bits per heavy atom. The van der Waals surface area contributed by atoms with Gasteiger partial charge >= 0.3 is 0 Å². The molecular weight excluding hydrogens is 230 g/mol. The summed E-state index contributed by atoms with van der Waals surface area (Å²) >= 11 is 0. The summed E-state index contributed by atoms with van der Waals surface area (Å²) in [5.74, 6) is 0.0617. The monoisotopic (exact) mass is 253 g/mol. The summed E-state index contributed by atoms with van der Waals surface area (Å²) < 4.78 is 1.72. The highest BCUT2D eigenvalue weighted by Crippen LogP contribution is 2.18. The van der Waals surface area contributed by atoms with E-state index in [2.05, 4.69) is 15.5 Å². The lowest BCUT2D eigenvalue weighted by Gasteiger charge is -2.13. The normalized spacial score (nSPS) is 13.8. The van der Waals surface area contributed by atoms with E-state index in [4.69, 9.17) is 0 Å². The summed E-state index contributed by atoms with van der Waals surface area (Å²) in [4.78, 5) is 13.1. The van der Waals surface area contributed by atoms with Gasteiger partial charge in [0.15, 0.2) is 0 Å². The van der Waals surface area contributed by atoms with Crippen molar-refractivity contribution < 1.29 is 4.79 Å². The largest absolute Gasteiger partial charge is 0.347 e. The lowest BCUT2D eigenvalue weighted by Crippen LogP contribution is -2.30. The minimum Gasteiger partial charge on any atom is -0.347 e. The van der Waals surface area contributed by atoms with E-state index in [1.807, 2.05) is 27.1 Å². The van der Waals surface area contributed by atoms with Gasteiger partial charge in [-0.25, -0.2) is 5.01 Å². The number of amides is 1. The van der Waals surface area contributed by atoms with Crippen LogP contribution in [0.15, 0.2) is 6.20 Å². The first-order chi connectivity index (χ1) is 8.60. The van der Waals surface area contributed by atoms with Crippen LogP contribution in [-0.2, 0) is 24.4 Å². The summed E-state index contributed by atoms with van der Waals surface area (Å²) in [6.07, 6.45) is 1.95. The number of hydrogen-bond donors (Lipinski definition) is 1. The Labute approximate surface area is 109 Å². The molecule has 0 spiro atoms. The van der Waals surface area contributed by atoms with Gasteiger partial charge in [0.2, 0.25) is 5.91 Å². The molecule has 0 aromatic carbocycles. The smallest absolute Gasteiger partial charge is 0.243 e. The molecule has 0 unspecified atom stereocenters. The number of hydrazine groups is 1. The lowest BCUT2D eigenvalue weighted by molar-refractivity contribution is -0.129. The first kappa shape index (κ1) is 14.7. The van der Waals surface area contributed by atoms with Crippen LogP contribution in [0.5, 0.6) is 0 Å². The maximum atomic E-state index is 11.5. The predicted molar refractivity (Wildman–Crippen MR) is 70.6 cm³/mol.